The van der Waals surface area contributed by atoms with Crippen LogP contribution in [0, 0.1) is 12.3 Å². The van der Waals surface area contributed by atoms with Gasteiger partial charge in [-0.2, -0.15) is 0 Å². The summed E-state index contributed by atoms with van der Waals surface area (Å²) in [6.07, 6.45) is 5.14. The fourth-order valence-corrected chi connectivity index (χ4v) is 2.21. The van der Waals surface area contributed by atoms with Crippen molar-refractivity contribution in [1.82, 2.24) is 5.32 Å². The second-order valence-electron chi connectivity index (χ2n) is 2.46. The van der Waals surface area contributed by atoms with Gasteiger partial charge in [0.1, 0.15) is 4.88 Å². The quantitative estimate of drug-likeness (QED) is 0.810. The molecule has 0 radical (unpaired) electrons. The Morgan fingerprint density at radius 3 is 3.00 bits per heavy atom. The minimum atomic E-state index is -0.235. The highest BCUT2D eigenvalue weighted by Crippen LogP contribution is 2.22. The molecule has 0 bridgehead atoms. The van der Waals surface area contributed by atoms with Crippen molar-refractivity contribution in [3.63, 3.8) is 0 Å². The Hall–Kier alpha value is -0.790. The SMILES string of the molecule is C#CC(C)NC(=O)c1sccc1Br. The van der Waals surface area contributed by atoms with Crippen molar-refractivity contribution < 1.29 is 4.79 Å². The van der Waals surface area contributed by atoms with Crippen molar-refractivity contribution in [2.24, 2.45) is 0 Å². The van der Waals surface area contributed by atoms with Crippen LogP contribution in [0.1, 0.15) is 16.6 Å². The molecule has 0 saturated heterocycles. The van der Waals surface area contributed by atoms with Crippen molar-refractivity contribution >= 4 is 33.2 Å². The summed E-state index contributed by atoms with van der Waals surface area (Å²) < 4.78 is 0.805. The topological polar surface area (TPSA) is 29.1 Å². The first-order chi connectivity index (χ1) is 6.15. The summed E-state index contributed by atoms with van der Waals surface area (Å²) in [5.74, 6) is 2.30. The number of carbonyl (C=O) groups is 1. The van der Waals surface area contributed by atoms with E-state index in [9.17, 15) is 4.79 Å². The number of hydrogen-bond donors (Lipinski definition) is 1. The summed E-state index contributed by atoms with van der Waals surface area (Å²) >= 11 is 4.66. The molecule has 1 aromatic heterocycles. The molecule has 68 valence electrons. The summed E-state index contributed by atoms with van der Waals surface area (Å²) in [6, 6.07) is 1.60. The van der Waals surface area contributed by atoms with E-state index in [1.54, 1.807) is 6.92 Å². The molecular formula is C9H8BrNOS. The second-order valence-corrected chi connectivity index (χ2v) is 4.23. The van der Waals surface area contributed by atoms with E-state index in [0.717, 1.165) is 4.47 Å². The molecule has 1 rings (SSSR count). The maximum absolute atomic E-state index is 11.5. The van der Waals surface area contributed by atoms with E-state index in [1.807, 2.05) is 11.4 Å². The van der Waals surface area contributed by atoms with E-state index in [4.69, 9.17) is 6.42 Å². The van der Waals surface area contributed by atoms with Crippen molar-refractivity contribution in [1.29, 1.82) is 0 Å². The third-order valence-corrected chi connectivity index (χ3v) is 3.26. The molecule has 1 aromatic rings. The third-order valence-electron chi connectivity index (χ3n) is 1.42. The van der Waals surface area contributed by atoms with Crippen LogP contribution in [0.25, 0.3) is 0 Å². The number of terminal acetylenes is 1. The van der Waals surface area contributed by atoms with Crippen LogP contribution in [-0.2, 0) is 0 Å². The van der Waals surface area contributed by atoms with Gasteiger partial charge in [-0.3, -0.25) is 4.79 Å². The van der Waals surface area contributed by atoms with Crippen LogP contribution in [-0.4, -0.2) is 11.9 Å². The zero-order valence-corrected chi connectivity index (χ0v) is 9.41. The average Bonchev–Trinajstić information content (AvgIpc) is 2.51. The minimum absolute atomic E-state index is 0.132. The molecule has 0 aliphatic heterocycles. The van der Waals surface area contributed by atoms with Gasteiger partial charge in [0, 0.05) is 4.47 Å². The Labute approximate surface area is 89.5 Å². The zero-order valence-electron chi connectivity index (χ0n) is 7.00. The minimum Gasteiger partial charge on any atom is -0.338 e. The summed E-state index contributed by atoms with van der Waals surface area (Å²) in [6.45, 7) is 1.76. The van der Waals surface area contributed by atoms with E-state index in [2.05, 4.69) is 27.2 Å². The highest BCUT2D eigenvalue weighted by atomic mass is 79.9. The van der Waals surface area contributed by atoms with Crippen molar-refractivity contribution in [2.75, 3.05) is 0 Å². The van der Waals surface area contributed by atoms with E-state index in [0.29, 0.717) is 4.88 Å². The largest absolute Gasteiger partial charge is 0.338 e. The van der Waals surface area contributed by atoms with Crippen LogP contribution in [0.4, 0.5) is 0 Å². The lowest BCUT2D eigenvalue weighted by Gasteiger charge is -2.05. The predicted molar refractivity (Wildman–Crippen MR) is 57.8 cm³/mol. The number of nitrogens with one attached hydrogen (secondary N) is 1. The Morgan fingerprint density at radius 1 is 1.85 bits per heavy atom. The van der Waals surface area contributed by atoms with E-state index >= 15 is 0 Å². The Morgan fingerprint density at radius 2 is 2.54 bits per heavy atom. The lowest BCUT2D eigenvalue weighted by molar-refractivity contribution is 0.0951. The number of halogens is 1. The Kier molecular flexibility index (Phi) is 3.52. The molecule has 4 heteroatoms. The maximum atomic E-state index is 11.5. The van der Waals surface area contributed by atoms with E-state index in [-0.39, 0.29) is 11.9 Å². The van der Waals surface area contributed by atoms with Crippen molar-refractivity contribution in [3.8, 4) is 12.3 Å². The Bertz CT molecular complexity index is 353. The van der Waals surface area contributed by atoms with Gasteiger partial charge in [-0.1, -0.05) is 5.92 Å². The molecule has 1 N–H and O–H groups in total. The Balaban J connectivity index is 2.71. The number of carbonyl (C=O) groups excluding carboxylic acids is 1. The van der Waals surface area contributed by atoms with Crippen molar-refractivity contribution in [2.45, 2.75) is 13.0 Å². The smallest absolute Gasteiger partial charge is 0.263 e. The van der Waals surface area contributed by atoms with Crippen LogP contribution >= 0.6 is 27.3 Å². The monoisotopic (exact) mass is 257 g/mol. The molecule has 1 heterocycles. The first kappa shape index (κ1) is 10.3. The maximum Gasteiger partial charge on any atom is 0.263 e. The molecule has 0 saturated carbocycles. The second kappa shape index (κ2) is 4.45. The highest BCUT2D eigenvalue weighted by molar-refractivity contribution is 9.10. The molecule has 1 amide bonds. The lowest BCUT2D eigenvalue weighted by Crippen LogP contribution is -2.30. The zero-order chi connectivity index (χ0) is 9.84. The fourth-order valence-electron chi connectivity index (χ4n) is 0.760. The molecule has 0 aliphatic rings. The average molecular weight is 258 g/mol. The van der Waals surface area contributed by atoms with Gasteiger partial charge in [-0.15, -0.1) is 17.8 Å². The number of hydrogen-bond acceptors (Lipinski definition) is 2. The molecule has 0 fully saturated rings. The van der Waals surface area contributed by atoms with Crippen molar-refractivity contribution in [3.05, 3.63) is 20.8 Å². The van der Waals surface area contributed by atoms with Crippen LogP contribution in [0.15, 0.2) is 15.9 Å². The molecular weight excluding hydrogens is 250 g/mol. The first-order valence-electron chi connectivity index (χ1n) is 3.65. The standard InChI is InChI=1S/C9H8BrNOS/c1-3-6(2)11-9(12)8-7(10)4-5-13-8/h1,4-6H,2H3,(H,11,12). The van der Waals surface area contributed by atoms with Gasteiger partial charge in [0.05, 0.1) is 6.04 Å². The summed E-state index contributed by atoms with van der Waals surface area (Å²) in [7, 11) is 0. The van der Waals surface area contributed by atoms with Crippen LogP contribution in [0.5, 0.6) is 0 Å². The predicted octanol–water partition coefficient (Wildman–Crippen LogP) is 2.26. The van der Waals surface area contributed by atoms with E-state index < -0.39 is 0 Å². The van der Waals surface area contributed by atoms with E-state index in [1.165, 1.54) is 11.3 Å². The molecule has 1 atom stereocenters. The molecule has 13 heavy (non-hydrogen) atoms. The third kappa shape index (κ3) is 2.58. The van der Waals surface area contributed by atoms with Crippen LogP contribution in [0.2, 0.25) is 0 Å². The van der Waals surface area contributed by atoms with Gasteiger partial charge < -0.3 is 5.32 Å². The van der Waals surface area contributed by atoms with Gasteiger partial charge >= 0.3 is 0 Å². The van der Waals surface area contributed by atoms with Gasteiger partial charge in [-0.05, 0) is 34.3 Å². The molecule has 1 unspecified atom stereocenters. The molecule has 0 aliphatic carbocycles. The molecule has 0 spiro atoms. The van der Waals surface area contributed by atoms with Gasteiger partial charge in [0.25, 0.3) is 5.91 Å². The van der Waals surface area contributed by atoms with Gasteiger partial charge in [-0.25, -0.2) is 0 Å². The van der Waals surface area contributed by atoms with Crippen LogP contribution in [0.3, 0.4) is 0 Å². The summed E-state index contributed by atoms with van der Waals surface area (Å²) in [5, 5.41) is 4.52. The number of rotatable bonds is 2. The molecule has 0 aromatic carbocycles. The number of thiophene rings is 1. The van der Waals surface area contributed by atoms with Crippen LogP contribution < -0.4 is 5.32 Å². The number of amides is 1. The molecule has 2 nitrogen and oxygen atoms in total. The highest BCUT2D eigenvalue weighted by Gasteiger charge is 2.12. The summed E-state index contributed by atoms with van der Waals surface area (Å²) in [5.41, 5.74) is 0. The summed E-state index contributed by atoms with van der Waals surface area (Å²) in [4.78, 5) is 12.1. The fraction of sp³-hybridized carbons (Fsp3) is 0.222. The normalized spacial score (nSPS) is 11.8. The lowest BCUT2D eigenvalue weighted by atomic mass is 10.3. The van der Waals surface area contributed by atoms with Gasteiger partial charge in [0.15, 0.2) is 0 Å². The van der Waals surface area contributed by atoms with Gasteiger partial charge in [0.2, 0.25) is 0 Å². The first-order valence-corrected chi connectivity index (χ1v) is 5.32.